The molecular formula is C11H17FN2O. The van der Waals surface area contributed by atoms with Crippen LogP contribution in [0.2, 0.25) is 0 Å². The van der Waals surface area contributed by atoms with E-state index >= 15 is 0 Å². The molecule has 4 heteroatoms. The van der Waals surface area contributed by atoms with Crippen molar-refractivity contribution in [3.63, 3.8) is 0 Å². The number of hydrogen-bond donors (Lipinski definition) is 2. The molecule has 1 aromatic rings. The summed E-state index contributed by atoms with van der Waals surface area (Å²) in [6.45, 7) is 3.15. The van der Waals surface area contributed by atoms with Crippen LogP contribution in [-0.2, 0) is 0 Å². The molecule has 3 N–H and O–H groups in total. The number of phenolic OH excluding ortho intramolecular Hbond substituents is 1. The topological polar surface area (TPSA) is 49.5 Å². The fourth-order valence-electron chi connectivity index (χ4n) is 1.49. The Balaban J connectivity index is 2.89. The minimum Gasteiger partial charge on any atom is -0.508 e. The highest BCUT2D eigenvalue weighted by molar-refractivity contribution is 5.34. The van der Waals surface area contributed by atoms with Crippen molar-refractivity contribution in [3.8, 4) is 5.75 Å². The number of halogens is 1. The van der Waals surface area contributed by atoms with E-state index in [1.807, 2.05) is 18.9 Å². The Morgan fingerprint density at radius 1 is 1.53 bits per heavy atom. The van der Waals surface area contributed by atoms with Gasteiger partial charge in [-0.1, -0.05) is 0 Å². The van der Waals surface area contributed by atoms with Crippen LogP contribution >= 0.6 is 0 Å². The molecule has 1 aromatic carbocycles. The minimum atomic E-state index is -0.337. The molecule has 1 rings (SSSR count). The van der Waals surface area contributed by atoms with Crippen LogP contribution in [-0.4, -0.2) is 30.1 Å². The molecule has 0 fully saturated rings. The lowest BCUT2D eigenvalue weighted by molar-refractivity contribution is 0.262. The van der Waals surface area contributed by atoms with E-state index in [9.17, 15) is 9.50 Å². The van der Waals surface area contributed by atoms with Crippen molar-refractivity contribution >= 4 is 0 Å². The number of rotatable bonds is 4. The predicted molar refractivity (Wildman–Crippen MR) is 58.2 cm³/mol. The van der Waals surface area contributed by atoms with Crippen LogP contribution in [0.4, 0.5) is 4.39 Å². The van der Waals surface area contributed by atoms with Crippen LogP contribution < -0.4 is 5.73 Å². The van der Waals surface area contributed by atoms with Gasteiger partial charge in [-0.2, -0.15) is 0 Å². The van der Waals surface area contributed by atoms with E-state index in [4.69, 9.17) is 5.73 Å². The van der Waals surface area contributed by atoms with Gasteiger partial charge in [0, 0.05) is 24.7 Å². The third kappa shape index (κ3) is 2.91. The molecule has 0 heterocycles. The SMILES string of the molecule is CC(c1cc(F)ccc1O)N(C)CCN. The molecular weight excluding hydrogens is 195 g/mol. The van der Waals surface area contributed by atoms with Gasteiger partial charge >= 0.3 is 0 Å². The molecule has 0 saturated heterocycles. The molecule has 0 aliphatic heterocycles. The molecule has 1 atom stereocenters. The molecule has 15 heavy (non-hydrogen) atoms. The number of phenols is 1. The molecule has 0 aromatic heterocycles. The van der Waals surface area contributed by atoms with Crippen LogP contribution in [0.3, 0.4) is 0 Å². The van der Waals surface area contributed by atoms with Gasteiger partial charge in [0.1, 0.15) is 11.6 Å². The summed E-state index contributed by atoms with van der Waals surface area (Å²) < 4.78 is 13.0. The summed E-state index contributed by atoms with van der Waals surface area (Å²) in [5.41, 5.74) is 6.02. The molecule has 0 bridgehead atoms. The van der Waals surface area contributed by atoms with Gasteiger partial charge in [0.15, 0.2) is 0 Å². The number of hydrogen-bond acceptors (Lipinski definition) is 3. The summed E-state index contributed by atoms with van der Waals surface area (Å²) in [4.78, 5) is 1.97. The monoisotopic (exact) mass is 212 g/mol. The summed E-state index contributed by atoms with van der Waals surface area (Å²) in [6, 6.07) is 3.92. The van der Waals surface area contributed by atoms with Gasteiger partial charge in [0.25, 0.3) is 0 Å². The van der Waals surface area contributed by atoms with Gasteiger partial charge < -0.3 is 10.8 Å². The first-order chi connectivity index (χ1) is 7.06. The highest BCUT2D eigenvalue weighted by Crippen LogP contribution is 2.27. The number of nitrogens with two attached hydrogens (primary N) is 1. The smallest absolute Gasteiger partial charge is 0.123 e. The molecule has 3 nitrogen and oxygen atoms in total. The van der Waals surface area contributed by atoms with Crippen molar-refractivity contribution in [2.45, 2.75) is 13.0 Å². The van der Waals surface area contributed by atoms with Crippen molar-refractivity contribution in [1.82, 2.24) is 4.90 Å². The zero-order valence-corrected chi connectivity index (χ0v) is 9.07. The lowest BCUT2D eigenvalue weighted by Gasteiger charge is -2.24. The third-order valence-corrected chi connectivity index (χ3v) is 2.58. The second-order valence-electron chi connectivity index (χ2n) is 3.65. The Labute approximate surface area is 89.3 Å². The fraction of sp³-hybridized carbons (Fsp3) is 0.455. The quantitative estimate of drug-likeness (QED) is 0.794. The predicted octanol–water partition coefficient (Wildman–Crippen LogP) is 1.48. The maximum Gasteiger partial charge on any atom is 0.123 e. The van der Waals surface area contributed by atoms with Crippen LogP contribution in [0.1, 0.15) is 18.5 Å². The van der Waals surface area contributed by atoms with E-state index in [0.29, 0.717) is 18.7 Å². The maximum absolute atomic E-state index is 13.0. The van der Waals surface area contributed by atoms with Crippen LogP contribution in [0.15, 0.2) is 18.2 Å². The van der Waals surface area contributed by atoms with Crippen molar-refractivity contribution in [2.24, 2.45) is 5.73 Å². The zero-order chi connectivity index (χ0) is 11.4. The summed E-state index contributed by atoms with van der Waals surface area (Å²) in [7, 11) is 1.89. The second-order valence-corrected chi connectivity index (χ2v) is 3.65. The van der Waals surface area contributed by atoms with Crippen molar-refractivity contribution < 1.29 is 9.50 Å². The van der Waals surface area contributed by atoms with Gasteiger partial charge in [-0.3, -0.25) is 4.90 Å². The molecule has 0 saturated carbocycles. The molecule has 0 radical (unpaired) electrons. The summed E-state index contributed by atoms with van der Waals surface area (Å²) in [5, 5.41) is 9.60. The normalized spacial score (nSPS) is 13.1. The Hall–Kier alpha value is -1.13. The van der Waals surface area contributed by atoms with Crippen molar-refractivity contribution in [1.29, 1.82) is 0 Å². The van der Waals surface area contributed by atoms with E-state index < -0.39 is 0 Å². The van der Waals surface area contributed by atoms with Gasteiger partial charge in [-0.15, -0.1) is 0 Å². The van der Waals surface area contributed by atoms with Crippen LogP contribution in [0.25, 0.3) is 0 Å². The van der Waals surface area contributed by atoms with Gasteiger partial charge in [-0.05, 0) is 32.2 Å². The lowest BCUT2D eigenvalue weighted by Crippen LogP contribution is -2.28. The first kappa shape index (κ1) is 11.9. The maximum atomic E-state index is 13.0. The second kappa shape index (κ2) is 5.09. The average molecular weight is 212 g/mol. The van der Waals surface area contributed by atoms with Crippen molar-refractivity contribution in [3.05, 3.63) is 29.6 Å². The van der Waals surface area contributed by atoms with Crippen LogP contribution in [0, 0.1) is 5.82 Å². The number of nitrogens with zero attached hydrogens (tertiary/aromatic N) is 1. The first-order valence-corrected chi connectivity index (χ1v) is 4.95. The lowest BCUT2D eigenvalue weighted by atomic mass is 10.1. The van der Waals surface area contributed by atoms with Crippen LogP contribution in [0.5, 0.6) is 5.75 Å². The number of aromatic hydroxyl groups is 1. The Bertz CT molecular complexity index is 330. The number of benzene rings is 1. The number of likely N-dealkylation sites (N-methyl/N-ethyl adjacent to an activating group) is 1. The first-order valence-electron chi connectivity index (χ1n) is 4.95. The van der Waals surface area contributed by atoms with E-state index in [1.165, 1.54) is 18.2 Å². The fourth-order valence-corrected chi connectivity index (χ4v) is 1.49. The highest BCUT2D eigenvalue weighted by Gasteiger charge is 2.15. The minimum absolute atomic E-state index is 0.0516. The summed E-state index contributed by atoms with van der Waals surface area (Å²) in [5.74, 6) is -0.219. The van der Waals surface area contributed by atoms with Gasteiger partial charge in [0.05, 0.1) is 0 Å². The van der Waals surface area contributed by atoms with Crippen molar-refractivity contribution in [2.75, 3.05) is 20.1 Å². The standard InChI is InChI=1S/C11H17FN2O/c1-8(14(2)6-5-13)10-7-9(12)3-4-11(10)15/h3-4,7-8,15H,5-6,13H2,1-2H3. The zero-order valence-electron chi connectivity index (χ0n) is 9.07. The van der Waals surface area contributed by atoms with E-state index in [0.717, 1.165) is 0 Å². The average Bonchev–Trinajstić information content (AvgIpc) is 2.21. The molecule has 0 amide bonds. The Morgan fingerprint density at radius 3 is 2.80 bits per heavy atom. The molecule has 0 spiro atoms. The molecule has 0 aliphatic carbocycles. The third-order valence-electron chi connectivity index (χ3n) is 2.58. The van der Waals surface area contributed by atoms with E-state index in [2.05, 4.69) is 0 Å². The van der Waals surface area contributed by atoms with Gasteiger partial charge in [0.2, 0.25) is 0 Å². The van der Waals surface area contributed by atoms with E-state index in [-0.39, 0.29) is 17.6 Å². The summed E-state index contributed by atoms with van der Waals surface area (Å²) >= 11 is 0. The Morgan fingerprint density at radius 2 is 2.20 bits per heavy atom. The molecule has 84 valence electrons. The summed E-state index contributed by atoms with van der Waals surface area (Å²) in [6.07, 6.45) is 0. The highest BCUT2D eigenvalue weighted by atomic mass is 19.1. The molecule has 1 unspecified atom stereocenters. The van der Waals surface area contributed by atoms with E-state index in [1.54, 1.807) is 0 Å². The van der Waals surface area contributed by atoms with Gasteiger partial charge in [-0.25, -0.2) is 4.39 Å². The molecule has 0 aliphatic rings. The largest absolute Gasteiger partial charge is 0.508 e. The Kier molecular flexibility index (Phi) is 4.05.